The van der Waals surface area contributed by atoms with E-state index in [1.165, 1.54) is 69.9 Å². The number of rotatable bonds is 17. The maximum atomic E-state index is 13.2. The van der Waals surface area contributed by atoms with Gasteiger partial charge in [0.05, 0.1) is 38.5 Å². The van der Waals surface area contributed by atoms with Crippen molar-refractivity contribution >= 4 is 10.0 Å². The largest absolute Gasteiger partial charge is 1.00 e. The second kappa shape index (κ2) is 17.0. The van der Waals surface area contributed by atoms with Crippen molar-refractivity contribution in [2.45, 2.75) is 97.4 Å². The summed E-state index contributed by atoms with van der Waals surface area (Å²) in [7, 11) is -3.16. The minimum atomic E-state index is -3.16. The van der Waals surface area contributed by atoms with Crippen LogP contribution in [0.5, 0.6) is 0 Å². The molecule has 0 atom stereocenters. The molecule has 1 heterocycles. The molecular weight excluding hydrogens is 515 g/mol. The average molecular weight is 564 g/mol. The van der Waals surface area contributed by atoms with E-state index in [9.17, 15) is 12.8 Å². The van der Waals surface area contributed by atoms with E-state index in [0.29, 0.717) is 13.1 Å². The molecule has 0 N–H and O–H groups in total. The van der Waals surface area contributed by atoms with Crippen LogP contribution in [0, 0.1) is 5.82 Å². The third-order valence-corrected chi connectivity index (χ3v) is 9.36. The van der Waals surface area contributed by atoms with E-state index in [1.54, 1.807) is 4.31 Å². The predicted molar refractivity (Wildman–Crippen MR) is 137 cm³/mol. The van der Waals surface area contributed by atoms with Gasteiger partial charge in [0.25, 0.3) is 0 Å². The van der Waals surface area contributed by atoms with Crippen LogP contribution in [0.1, 0.15) is 96.5 Å². The number of piperazine rings is 1. The number of sulfonamides is 1. The number of benzene rings is 1. The van der Waals surface area contributed by atoms with Crippen LogP contribution < -0.4 is 17.0 Å². The van der Waals surface area contributed by atoms with E-state index in [2.05, 4.69) is 13.8 Å². The fourth-order valence-corrected chi connectivity index (χ4v) is 6.51. The topological polar surface area (TPSA) is 37.4 Å². The molecule has 0 aliphatic carbocycles. The van der Waals surface area contributed by atoms with Crippen molar-refractivity contribution in [1.82, 2.24) is 4.31 Å². The lowest BCUT2D eigenvalue weighted by molar-refractivity contribution is -0.942. The number of halogens is 2. The Hall–Kier alpha value is -0.500. The minimum absolute atomic E-state index is 0. The lowest BCUT2D eigenvalue weighted by Crippen LogP contribution is -3.00. The summed E-state index contributed by atoms with van der Waals surface area (Å²) in [5.74, 6) is 0.0737. The molecule has 1 aliphatic heterocycles. The summed E-state index contributed by atoms with van der Waals surface area (Å²) in [4.78, 5) is 0. The Balaban J connectivity index is 0.00000578. The van der Waals surface area contributed by atoms with Crippen molar-refractivity contribution in [3.8, 4) is 0 Å². The van der Waals surface area contributed by atoms with Crippen molar-refractivity contribution in [1.29, 1.82) is 0 Å². The predicted octanol–water partition coefficient (Wildman–Crippen LogP) is 3.51. The Labute approximate surface area is 219 Å². The zero-order chi connectivity index (χ0) is 24.0. The Kier molecular flexibility index (Phi) is 15.8. The average Bonchev–Trinajstić information content (AvgIpc) is 2.81. The summed E-state index contributed by atoms with van der Waals surface area (Å²) < 4.78 is 41.5. The van der Waals surface area contributed by atoms with Crippen molar-refractivity contribution in [2.75, 3.05) is 38.5 Å². The second-order valence-electron chi connectivity index (χ2n) is 9.99. The van der Waals surface area contributed by atoms with Gasteiger partial charge in [-0.2, -0.15) is 4.31 Å². The van der Waals surface area contributed by atoms with Crippen LogP contribution in [0.25, 0.3) is 0 Å². The number of hydrogen-bond donors (Lipinski definition) is 0. The van der Waals surface area contributed by atoms with Crippen molar-refractivity contribution in [3.05, 3.63) is 35.6 Å². The number of unbranched alkanes of at least 4 members (excludes halogenated alkanes) is 11. The third-order valence-electron chi connectivity index (χ3n) is 7.40. The first-order chi connectivity index (χ1) is 15.9. The van der Waals surface area contributed by atoms with Crippen molar-refractivity contribution < 1.29 is 34.3 Å². The van der Waals surface area contributed by atoms with Gasteiger partial charge in [-0.25, -0.2) is 12.8 Å². The number of likely N-dealkylation sites (N-methyl/N-ethyl adjacent to an activating group) is 1. The lowest BCUT2D eigenvalue weighted by Gasteiger charge is -2.44. The van der Waals surface area contributed by atoms with Gasteiger partial charge in [-0.3, -0.25) is 0 Å². The highest BCUT2D eigenvalue weighted by atomic mass is 79.9. The molecular formula is C27H48BrFN2O2S. The zero-order valence-corrected chi connectivity index (χ0v) is 24.0. The summed E-state index contributed by atoms with van der Waals surface area (Å²) in [6.45, 7) is 9.06. The molecule has 4 nitrogen and oxygen atoms in total. The fraction of sp³-hybridized carbons (Fsp3) is 0.778. The summed E-state index contributed by atoms with van der Waals surface area (Å²) in [6.07, 6.45) is 15.0. The highest BCUT2D eigenvalue weighted by molar-refractivity contribution is 7.89. The lowest BCUT2D eigenvalue weighted by atomic mass is 10.1. The molecule has 34 heavy (non-hydrogen) atoms. The van der Waals surface area contributed by atoms with Gasteiger partial charge in [-0.15, -0.1) is 0 Å². The van der Waals surface area contributed by atoms with Gasteiger partial charge in [-0.1, -0.05) is 89.7 Å². The van der Waals surface area contributed by atoms with Gasteiger partial charge in [0.1, 0.15) is 12.4 Å². The quantitative estimate of drug-likeness (QED) is 0.215. The van der Waals surface area contributed by atoms with E-state index < -0.39 is 10.0 Å². The second-order valence-corrected chi connectivity index (χ2v) is 12.1. The van der Waals surface area contributed by atoms with E-state index in [-0.39, 0.29) is 28.6 Å². The molecule has 0 radical (unpaired) electrons. The molecule has 0 aromatic heterocycles. The molecule has 0 spiro atoms. The van der Waals surface area contributed by atoms with Gasteiger partial charge in [0, 0.05) is 5.56 Å². The van der Waals surface area contributed by atoms with Gasteiger partial charge in [0.2, 0.25) is 10.0 Å². The third kappa shape index (κ3) is 11.5. The number of quaternary nitrogens is 1. The standard InChI is InChI=1S/C27H48FN2O2S.BrH/c1-3-5-6-7-8-9-10-11-12-13-14-15-24-33(31,32)29-20-22-30(4-2,23-21-29)25-26-16-18-27(28)19-17-26;/h16-19H,3-15,20-25H2,1-2H3;1H/q+1;/p-1. The van der Waals surface area contributed by atoms with Crippen LogP contribution in [0.4, 0.5) is 4.39 Å². The summed E-state index contributed by atoms with van der Waals surface area (Å²) >= 11 is 0. The van der Waals surface area contributed by atoms with Crippen LogP contribution in [0.15, 0.2) is 24.3 Å². The molecule has 0 amide bonds. The Morgan fingerprint density at radius 3 is 1.74 bits per heavy atom. The molecule has 1 aromatic rings. The van der Waals surface area contributed by atoms with Crippen LogP contribution in [0.3, 0.4) is 0 Å². The van der Waals surface area contributed by atoms with Crippen molar-refractivity contribution in [2.24, 2.45) is 0 Å². The molecule has 1 saturated heterocycles. The van der Waals surface area contributed by atoms with E-state index in [1.807, 2.05) is 12.1 Å². The molecule has 0 unspecified atom stereocenters. The first-order valence-corrected chi connectivity index (χ1v) is 15.1. The Morgan fingerprint density at radius 2 is 1.26 bits per heavy atom. The maximum absolute atomic E-state index is 13.2. The van der Waals surface area contributed by atoms with Crippen LogP contribution in [-0.4, -0.2) is 55.7 Å². The summed E-state index contributed by atoms with van der Waals surface area (Å²) in [5, 5.41) is 0. The minimum Gasteiger partial charge on any atom is -1.00 e. The van der Waals surface area contributed by atoms with E-state index in [4.69, 9.17) is 0 Å². The van der Waals surface area contributed by atoms with Crippen LogP contribution in [-0.2, 0) is 16.6 Å². The first-order valence-electron chi connectivity index (χ1n) is 13.5. The maximum Gasteiger partial charge on any atom is 0.214 e. The Bertz CT molecular complexity index is 750. The highest BCUT2D eigenvalue weighted by Gasteiger charge is 2.35. The van der Waals surface area contributed by atoms with Gasteiger partial charge in [0.15, 0.2) is 0 Å². The molecule has 7 heteroatoms. The van der Waals surface area contributed by atoms with Gasteiger partial charge in [-0.05, 0) is 25.5 Å². The first kappa shape index (κ1) is 31.5. The highest BCUT2D eigenvalue weighted by Crippen LogP contribution is 2.21. The van der Waals surface area contributed by atoms with Gasteiger partial charge >= 0.3 is 0 Å². The normalized spacial score (nSPS) is 16.3. The molecule has 0 bridgehead atoms. The van der Waals surface area contributed by atoms with Crippen LogP contribution >= 0.6 is 0 Å². The monoisotopic (exact) mass is 562 g/mol. The van der Waals surface area contributed by atoms with E-state index in [0.717, 1.165) is 55.5 Å². The smallest absolute Gasteiger partial charge is 0.214 e. The van der Waals surface area contributed by atoms with Crippen molar-refractivity contribution in [3.63, 3.8) is 0 Å². The molecule has 1 fully saturated rings. The number of hydrogen-bond acceptors (Lipinski definition) is 2. The molecule has 1 aromatic carbocycles. The molecule has 1 aliphatic rings. The summed E-state index contributed by atoms with van der Waals surface area (Å²) in [6, 6.07) is 6.72. The van der Waals surface area contributed by atoms with Crippen LogP contribution in [0.2, 0.25) is 0 Å². The zero-order valence-electron chi connectivity index (χ0n) is 21.6. The van der Waals surface area contributed by atoms with E-state index >= 15 is 0 Å². The Morgan fingerprint density at radius 1 is 0.794 bits per heavy atom. The van der Waals surface area contributed by atoms with Gasteiger partial charge < -0.3 is 21.5 Å². The fourth-order valence-electron chi connectivity index (χ4n) is 4.97. The molecule has 198 valence electrons. The number of nitrogens with zero attached hydrogens (tertiary/aromatic N) is 2. The SMILES string of the molecule is CCCCCCCCCCCCCCS(=O)(=O)N1CC[N+](CC)(Cc2ccc(F)cc2)CC1.[Br-]. The molecule has 0 saturated carbocycles. The molecule has 2 rings (SSSR count). The summed E-state index contributed by atoms with van der Waals surface area (Å²) in [5.41, 5.74) is 1.12.